The molecule has 12 nitrogen and oxygen atoms in total. The van der Waals surface area contributed by atoms with E-state index in [0.717, 1.165) is 11.1 Å². The molecule has 228 valence electrons. The number of likely N-dealkylation sites (tertiary alicyclic amines) is 1. The Morgan fingerprint density at radius 2 is 1.60 bits per heavy atom. The van der Waals surface area contributed by atoms with Crippen molar-refractivity contribution >= 4 is 35.4 Å². The monoisotopic (exact) mass is 582 g/mol. The molecule has 5 N–H and O–H groups in total. The number of hydrogen-bond acceptors (Lipinski definition) is 6. The van der Waals surface area contributed by atoms with Gasteiger partial charge in [0.2, 0.25) is 23.5 Å². The predicted octanol–water partition coefficient (Wildman–Crippen LogP) is 0.675. The Morgan fingerprint density at radius 3 is 2.12 bits per heavy atom. The maximum absolute atomic E-state index is 14.0. The number of hydrogen-bond donors (Lipinski definition) is 4. The van der Waals surface area contributed by atoms with Gasteiger partial charge in [-0.3, -0.25) is 24.0 Å². The van der Waals surface area contributed by atoms with Crippen molar-refractivity contribution in [2.45, 2.75) is 79.2 Å². The Hall–Kier alpha value is -3.96. The number of nitrogens with one attached hydrogen (secondary N) is 3. The van der Waals surface area contributed by atoms with Gasteiger partial charge >= 0.3 is 6.03 Å². The van der Waals surface area contributed by atoms with Crippen LogP contribution in [0.3, 0.4) is 0 Å². The smallest absolute Gasteiger partial charge is 0.316 e. The number of primary amides is 1. The Balaban J connectivity index is 1.45. The molecule has 4 rings (SSSR count). The Bertz CT molecular complexity index is 1280. The van der Waals surface area contributed by atoms with Crippen molar-refractivity contribution in [3.05, 3.63) is 35.4 Å². The van der Waals surface area contributed by atoms with Gasteiger partial charge in [0, 0.05) is 19.6 Å². The number of urea groups is 1. The third kappa shape index (κ3) is 5.98. The summed E-state index contributed by atoms with van der Waals surface area (Å²) in [5.74, 6) is -3.33. The van der Waals surface area contributed by atoms with E-state index in [0.29, 0.717) is 26.1 Å². The van der Waals surface area contributed by atoms with Crippen LogP contribution in [0.2, 0.25) is 0 Å². The number of carbonyl (C=O) groups is 6. The van der Waals surface area contributed by atoms with Crippen LogP contribution in [0.4, 0.5) is 4.79 Å². The third-order valence-corrected chi connectivity index (χ3v) is 9.01. The van der Waals surface area contributed by atoms with Gasteiger partial charge in [0.25, 0.3) is 5.91 Å². The zero-order chi connectivity index (χ0) is 31.1. The quantitative estimate of drug-likeness (QED) is 0.312. The molecule has 0 bridgehead atoms. The number of nitrogens with two attached hydrogens (primary N) is 1. The van der Waals surface area contributed by atoms with Gasteiger partial charge in [0.05, 0.1) is 6.54 Å². The van der Waals surface area contributed by atoms with Gasteiger partial charge in [0.15, 0.2) is 0 Å². The SMILES string of the molecule is CC[C@H](NC(=O)N[C@H](C(=O)N1C[C@H]2[C@@H]([C@H]1C(=O)NCC(=O)C(N)=O)C2(C)C)C(C)(C)C)C(=O)N1Cc2ccccc2C1. The van der Waals surface area contributed by atoms with Crippen molar-refractivity contribution in [1.82, 2.24) is 25.8 Å². The average molecular weight is 583 g/mol. The van der Waals surface area contributed by atoms with E-state index in [1.54, 1.807) is 25.7 Å². The van der Waals surface area contributed by atoms with Gasteiger partial charge in [-0.25, -0.2) is 4.79 Å². The first-order valence-electron chi connectivity index (χ1n) is 14.4. The lowest BCUT2D eigenvalue weighted by Gasteiger charge is -2.37. The van der Waals surface area contributed by atoms with E-state index in [-0.39, 0.29) is 23.2 Å². The summed E-state index contributed by atoms with van der Waals surface area (Å²) in [6.45, 7) is 12.0. The molecule has 1 aromatic carbocycles. The number of carbonyl (C=O) groups excluding carboxylic acids is 6. The molecule has 2 heterocycles. The largest absolute Gasteiger partial charge is 0.363 e. The first-order chi connectivity index (χ1) is 19.6. The highest BCUT2D eigenvalue weighted by Crippen LogP contribution is 2.65. The van der Waals surface area contributed by atoms with Crippen molar-refractivity contribution in [3.8, 4) is 0 Å². The first-order valence-corrected chi connectivity index (χ1v) is 14.4. The summed E-state index contributed by atoms with van der Waals surface area (Å²) in [6, 6.07) is 4.51. The number of benzene rings is 1. The van der Waals surface area contributed by atoms with Gasteiger partial charge in [0.1, 0.15) is 18.1 Å². The van der Waals surface area contributed by atoms with Crippen LogP contribution >= 0.6 is 0 Å². The highest BCUT2D eigenvalue weighted by Gasteiger charge is 2.69. The molecule has 1 saturated heterocycles. The van der Waals surface area contributed by atoms with Gasteiger partial charge in [-0.1, -0.05) is 65.8 Å². The fourth-order valence-electron chi connectivity index (χ4n) is 6.37. The molecule has 0 unspecified atom stereocenters. The average Bonchev–Trinajstić information content (AvgIpc) is 3.30. The normalized spacial score (nSPS) is 23.2. The second-order valence-electron chi connectivity index (χ2n) is 13.2. The number of nitrogens with zero attached hydrogens (tertiary/aromatic N) is 2. The zero-order valence-electron chi connectivity index (χ0n) is 25.2. The summed E-state index contributed by atoms with van der Waals surface area (Å²) in [4.78, 5) is 79.7. The molecule has 42 heavy (non-hydrogen) atoms. The summed E-state index contributed by atoms with van der Waals surface area (Å²) in [5, 5.41) is 7.99. The molecule has 2 aliphatic heterocycles. The van der Waals surface area contributed by atoms with Crippen LogP contribution in [0.15, 0.2) is 24.3 Å². The van der Waals surface area contributed by atoms with Crippen LogP contribution in [-0.4, -0.2) is 76.5 Å². The third-order valence-electron chi connectivity index (χ3n) is 9.01. The summed E-state index contributed by atoms with van der Waals surface area (Å²) >= 11 is 0. The van der Waals surface area contributed by atoms with Crippen molar-refractivity contribution in [2.75, 3.05) is 13.1 Å². The molecule has 12 heteroatoms. The van der Waals surface area contributed by atoms with Crippen LogP contribution in [0, 0.1) is 22.7 Å². The van der Waals surface area contributed by atoms with Crippen molar-refractivity contribution in [2.24, 2.45) is 28.4 Å². The second-order valence-corrected chi connectivity index (χ2v) is 13.2. The zero-order valence-corrected chi connectivity index (χ0v) is 25.2. The second kappa shape index (κ2) is 11.4. The number of rotatable bonds is 9. The fourth-order valence-corrected chi connectivity index (χ4v) is 6.37. The molecule has 1 saturated carbocycles. The molecule has 5 atom stereocenters. The van der Waals surface area contributed by atoms with Gasteiger partial charge < -0.3 is 31.5 Å². The minimum absolute atomic E-state index is 0.0742. The lowest BCUT2D eigenvalue weighted by Crippen LogP contribution is -2.61. The Kier molecular flexibility index (Phi) is 8.39. The van der Waals surface area contributed by atoms with E-state index in [1.165, 1.54) is 4.90 Å². The maximum atomic E-state index is 14.0. The molecule has 6 amide bonds. The maximum Gasteiger partial charge on any atom is 0.316 e. The highest BCUT2D eigenvalue weighted by atomic mass is 16.2. The Labute approximate surface area is 246 Å². The minimum Gasteiger partial charge on any atom is -0.363 e. The number of fused-ring (bicyclic) bond motifs is 2. The van der Waals surface area contributed by atoms with Gasteiger partial charge in [-0.05, 0) is 40.2 Å². The lowest BCUT2D eigenvalue weighted by molar-refractivity contribution is -0.144. The van der Waals surface area contributed by atoms with Crippen molar-refractivity contribution < 1.29 is 28.8 Å². The summed E-state index contributed by atoms with van der Waals surface area (Å²) in [5.41, 5.74) is 6.25. The molecule has 3 aliphatic rings. The highest BCUT2D eigenvalue weighted by molar-refractivity contribution is 6.36. The van der Waals surface area contributed by atoms with Crippen LogP contribution in [0.5, 0.6) is 0 Å². The van der Waals surface area contributed by atoms with E-state index in [9.17, 15) is 28.8 Å². The first kappa shape index (κ1) is 31.0. The molecule has 1 aliphatic carbocycles. The Morgan fingerprint density at radius 1 is 1.00 bits per heavy atom. The van der Waals surface area contributed by atoms with Gasteiger partial charge in [-0.15, -0.1) is 0 Å². The molecule has 1 aromatic rings. The molecular weight excluding hydrogens is 540 g/mol. The molecule has 2 fully saturated rings. The van der Waals surface area contributed by atoms with E-state index >= 15 is 0 Å². The van der Waals surface area contributed by atoms with E-state index in [1.807, 2.05) is 45.0 Å². The fraction of sp³-hybridized carbons (Fsp3) is 0.600. The summed E-state index contributed by atoms with van der Waals surface area (Å²) < 4.78 is 0. The van der Waals surface area contributed by atoms with E-state index in [2.05, 4.69) is 16.0 Å². The van der Waals surface area contributed by atoms with Crippen LogP contribution in [0.25, 0.3) is 0 Å². The summed E-state index contributed by atoms with van der Waals surface area (Å²) in [6.07, 6.45) is 0.365. The molecule has 0 spiro atoms. The number of amides is 6. The van der Waals surface area contributed by atoms with Crippen molar-refractivity contribution in [1.29, 1.82) is 0 Å². The number of piperidine rings is 1. The van der Waals surface area contributed by atoms with Crippen LogP contribution < -0.4 is 21.7 Å². The van der Waals surface area contributed by atoms with Crippen molar-refractivity contribution in [3.63, 3.8) is 0 Å². The molecule has 0 radical (unpaired) electrons. The minimum atomic E-state index is -1.15. The van der Waals surface area contributed by atoms with E-state index in [4.69, 9.17) is 5.73 Å². The predicted molar refractivity (Wildman–Crippen MR) is 153 cm³/mol. The molecule has 0 aromatic heterocycles. The van der Waals surface area contributed by atoms with Gasteiger partial charge in [-0.2, -0.15) is 0 Å². The van der Waals surface area contributed by atoms with Crippen LogP contribution in [-0.2, 0) is 37.1 Å². The van der Waals surface area contributed by atoms with E-state index < -0.39 is 59.6 Å². The number of ketones is 1. The topological polar surface area (TPSA) is 171 Å². The number of Topliss-reactive ketones (excluding diaryl/α,β-unsaturated/α-hetero) is 1. The van der Waals surface area contributed by atoms with Crippen LogP contribution in [0.1, 0.15) is 59.1 Å². The standard InChI is InChI=1S/C30H42N6O6/c1-7-19(26(40)35-13-16-10-8-9-11-17(16)14-35)33-28(42)34-23(29(2,3)4)27(41)36-15-18-21(30(18,5)6)22(36)25(39)32-12-20(37)24(31)38/h8-11,18-19,21-23H,7,12-15H2,1-6H3,(H2,31,38)(H,32,39)(H2,33,34,42)/t18-,19-,21-,22-,23+/m0/s1. The summed E-state index contributed by atoms with van der Waals surface area (Å²) in [7, 11) is 0. The molecular formula is C30H42N6O6. The lowest BCUT2D eigenvalue weighted by atomic mass is 9.85.